The Kier molecular flexibility index (Phi) is 4.70. The third-order valence-corrected chi connectivity index (χ3v) is 3.67. The summed E-state index contributed by atoms with van der Waals surface area (Å²) in [5.41, 5.74) is 1.19. The fraction of sp³-hybridized carbons (Fsp3) is 0.733. The number of nitrogens with one attached hydrogen (secondary N) is 1. The highest BCUT2D eigenvalue weighted by Crippen LogP contribution is 2.35. The zero-order valence-corrected chi connectivity index (χ0v) is 11.8. The van der Waals surface area contributed by atoms with Gasteiger partial charge in [0.05, 0.1) is 0 Å². The molecule has 1 aromatic heterocycles. The molecular formula is C15H25N3. The van der Waals surface area contributed by atoms with Crippen molar-refractivity contribution < 1.29 is 0 Å². The van der Waals surface area contributed by atoms with Crippen molar-refractivity contribution in [1.29, 1.82) is 0 Å². The van der Waals surface area contributed by atoms with Gasteiger partial charge in [0.2, 0.25) is 0 Å². The Bertz CT molecular complexity index is 359. The summed E-state index contributed by atoms with van der Waals surface area (Å²) in [5, 5.41) is 3.42. The van der Waals surface area contributed by atoms with Crippen molar-refractivity contribution >= 4 is 0 Å². The number of rotatable bonds is 5. The van der Waals surface area contributed by atoms with Crippen LogP contribution in [0.25, 0.3) is 0 Å². The molecule has 18 heavy (non-hydrogen) atoms. The van der Waals surface area contributed by atoms with Gasteiger partial charge >= 0.3 is 0 Å². The van der Waals surface area contributed by atoms with E-state index in [0.717, 1.165) is 24.8 Å². The van der Waals surface area contributed by atoms with Gasteiger partial charge in [-0.25, -0.2) is 9.97 Å². The van der Waals surface area contributed by atoms with E-state index in [1.165, 1.54) is 24.8 Å². The molecule has 1 N–H and O–H groups in total. The molecular weight excluding hydrogens is 222 g/mol. The number of aromatic nitrogens is 2. The van der Waals surface area contributed by atoms with Crippen LogP contribution in [-0.2, 0) is 6.54 Å². The summed E-state index contributed by atoms with van der Waals surface area (Å²) in [4.78, 5) is 9.08. The van der Waals surface area contributed by atoms with Crippen LogP contribution < -0.4 is 5.32 Å². The van der Waals surface area contributed by atoms with Gasteiger partial charge in [0.15, 0.2) is 0 Å². The molecule has 1 aromatic rings. The van der Waals surface area contributed by atoms with Crippen molar-refractivity contribution in [2.24, 2.45) is 11.8 Å². The number of hydrogen-bond donors (Lipinski definition) is 1. The zero-order chi connectivity index (χ0) is 13.0. The minimum atomic E-state index is 0.595. The van der Waals surface area contributed by atoms with Gasteiger partial charge in [-0.1, -0.05) is 20.8 Å². The second-order valence-electron chi connectivity index (χ2n) is 6.09. The molecule has 1 aliphatic carbocycles. The van der Waals surface area contributed by atoms with Crippen LogP contribution in [0.3, 0.4) is 0 Å². The Morgan fingerprint density at radius 2 is 2.00 bits per heavy atom. The molecule has 1 saturated carbocycles. The molecule has 0 radical (unpaired) electrons. The minimum Gasteiger partial charge on any atom is -0.312 e. The summed E-state index contributed by atoms with van der Waals surface area (Å²) in [6, 6.07) is 0. The molecule has 1 aliphatic rings. The molecule has 0 aromatic carbocycles. The number of hydrogen-bond acceptors (Lipinski definition) is 3. The molecule has 1 heterocycles. The van der Waals surface area contributed by atoms with Gasteiger partial charge in [-0.3, -0.25) is 0 Å². The summed E-state index contributed by atoms with van der Waals surface area (Å²) < 4.78 is 0. The fourth-order valence-corrected chi connectivity index (χ4v) is 2.61. The van der Waals surface area contributed by atoms with E-state index in [4.69, 9.17) is 0 Å². The Labute approximate surface area is 110 Å². The fourth-order valence-electron chi connectivity index (χ4n) is 2.61. The van der Waals surface area contributed by atoms with Gasteiger partial charge in [0.1, 0.15) is 5.82 Å². The van der Waals surface area contributed by atoms with E-state index in [1.54, 1.807) is 0 Å². The van der Waals surface area contributed by atoms with E-state index in [1.807, 2.05) is 12.4 Å². The molecule has 0 saturated heterocycles. The van der Waals surface area contributed by atoms with E-state index < -0.39 is 0 Å². The van der Waals surface area contributed by atoms with Crippen LogP contribution in [0.4, 0.5) is 0 Å². The van der Waals surface area contributed by atoms with Crippen LogP contribution in [0.1, 0.15) is 57.3 Å². The molecule has 1 fully saturated rings. The first kappa shape index (κ1) is 13.5. The van der Waals surface area contributed by atoms with Crippen LogP contribution in [0.15, 0.2) is 12.4 Å². The molecule has 0 bridgehead atoms. The normalized spacial score (nSPS) is 23.8. The van der Waals surface area contributed by atoms with E-state index in [0.29, 0.717) is 11.8 Å². The zero-order valence-electron chi connectivity index (χ0n) is 11.8. The number of nitrogens with zero attached hydrogens (tertiary/aromatic N) is 2. The largest absolute Gasteiger partial charge is 0.312 e. The Morgan fingerprint density at radius 1 is 1.28 bits per heavy atom. The lowest BCUT2D eigenvalue weighted by Gasteiger charge is -2.10. The highest BCUT2D eigenvalue weighted by atomic mass is 14.9. The maximum Gasteiger partial charge on any atom is 0.131 e. The Hall–Kier alpha value is -0.960. The molecule has 2 atom stereocenters. The molecule has 0 amide bonds. The smallest absolute Gasteiger partial charge is 0.131 e. The lowest BCUT2D eigenvalue weighted by molar-refractivity contribution is 0.549. The Balaban J connectivity index is 1.85. The SMILES string of the molecule is CC(C)CNCc1cnc(C2CCC(C)C2)nc1. The highest BCUT2D eigenvalue weighted by Gasteiger charge is 2.24. The van der Waals surface area contributed by atoms with Crippen molar-refractivity contribution in [3.05, 3.63) is 23.8 Å². The summed E-state index contributed by atoms with van der Waals surface area (Å²) in [6.07, 6.45) is 7.81. The van der Waals surface area contributed by atoms with E-state index >= 15 is 0 Å². The summed E-state index contributed by atoms with van der Waals surface area (Å²) in [6.45, 7) is 8.67. The lowest BCUT2D eigenvalue weighted by Crippen LogP contribution is -2.19. The minimum absolute atomic E-state index is 0.595. The van der Waals surface area contributed by atoms with E-state index in [9.17, 15) is 0 Å². The summed E-state index contributed by atoms with van der Waals surface area (Å²) in [5.74, 6) is 3.17. The van der Waals surface area contributed by atoms with Crippen molar-refractivity contribution in [3.8, 4) is 0 Å². The van der Waals surface area contributed by atoms with Crippen LogP contribution in [0, 0.1) is 11.8 Å². The van der Waals surface area contributed by atoms with Gasteiger partial charge in [-0.05, 0) is 37.6 Å². The van der Waals surface area contributed by atoms with E-state index in [2.05, 4.69) is 36.1 Å². The first-order chi connectivity index (χ1) is 8.65. The van der Waals surface area contributed by atoms with Crippen LogP contribution >= 0.6 is 0 Å². The van der Waals surface area contributed by atoms with Crippen molar-refractivity contribution in [1.82, 2.24) is 15.3 Å². The second-order valence-corrected chi connectivity index (χ2v) is 6.09. The molecule has 2 rings (SSSR count). The molecule has 100 valence electrons. The van der Waals surface area contributed by atoms with Crippen LogP contribution in [0.5, 0.6) is 0 Å². The van der Waals surface area contributed by atoms with Gasteiger partial charge < -0.3 is 5.32 Å². The summed E-state index contributed by atoms with van der Waals surface area (Å²) in [7, 11) is 0. The average molecular weight is 247 g/mol. The van der Waals surface area contributed by atoms with Gasteiger partial charge in [-0.15, -0.1) is 0 Å². The molecule has 0 aliphatic heterocycles. The topological polar surface area (TPSA) is 37.8 Å². The summed E-state index contributed by atoms with van der Waals surface area (Å²) >= 11 is 0. The van der Waals surface area contributed by atoms with E-state index in [-0.39, 0.29) is 0 Å². The quantitative estimate of drug-likeness (QED) is 0.868. The standard InChI is InChI=1S/C15H25N3/c1-11(2)7-16-8-13-9-17-15(18-10-13)14-5-4-12(3)6-14/h9-12,14,16H,4-8H2,1-3H3. The highest BCUT2D eigenvalue weighted by molar-refractivity contribution is 5.08. The second kappa shape index (κ2) is 6.28. The van der Waals surface area contributed by atoms with Gasteiger partial charge in [0, 0.05) is 30.4 Å². The molecule has 0 spiro atoms. The van der Waals surface area contributed by atoms with Crippen molar-refractivity contribution in [3.63, 3.8) is 0 Å². The molecule has 2 unspecified atom stereocenters. The maximum absolute atomic E-state index is 4.54. The van der Waals surface area contributed by atoms with Crippen LogP contribution in [0.2, 0.25) is 0 Å². The van der Waals surface area contributed by atoms with Crippen molar-refractivity contribution in [2.75, 3.05) is 6.54 Å². The average Bonchev–Trinajstić information content (AvgIpc) is 2.76. The first-order valence-electron chi connectivity index (χ1n) is 7.16. The van der Waals surface area contributed by atoms with Crippen molar-refractivity contribution in [2.45, 2.75) is 52.5 Å². The first-order valence-corrected chi connectivity index (χ1v) is 7.16. The lowest BCUT2D eigenvalue weighted by atomic mass is 10.1. The molecule has 3 nitrogen and oxygen atoms in total. The molecule has 3 heteroatoms. The third-order valence-electron chi connectivity index (χ3n) is 3.67. The van der Waals surface area contributed by atoms with Crippen LogP contribution in [-0.4, -0.2) is 16.5 Å². The predicted molar refractivity (Wildman–Crippen MR) is 74.3 cm³/mol. The van der Waals surface area contributed by atoms with Gasteiger partial charge in [0.25, 0.3) is 0 Å². The van der Waals surface area contributed by atoms with Gasteiger partial charge in [-0.2, -0.15) is 0 Å². The predicted octanol–water partition coefficient (Wildman–Crippen LogP) is 3.13. The third kappa shape index (κ3) is 3.77. The monoisotopic (exact) mass is 247 g/mol. The maximum atomic E-state index is 4.54. The Morgan fingerprint density at radius 3 is 2.56 bits per heavy atom.